The molecule has 0 saturated carbocycles. The summed E-state index contributed by atoms with van der Waals surface area (Å²) in [7, 11) is 0. The van der Waals surface area contributed by atoms with Crippen molar-refractivity contribution >= 4 is 56.4 Å². The second kappa shape index (κ2) is 9.49. The van der Waals surface area contributed by atoms with E-state index in [-0.39, 0.29) is 11.9 Å². The Bertz CT molecular complexity index is 988. The Kier molecular flexibility index (Phi) is 6.92. The number of hydrogen-bond donors (Lipinski definition) is 1. The van der Waals surface area contributed by atoms with Gasteiger partial charge in [0.15, 0.2) is 0 Å². The van der Waals surface area contributed by atoms with E-state index in [1.807, 2.05) is 35.3 Å². The SMILES string of the molecule is CC1CCCC(C)N1NC(=O)C1=NN(c2ccc(Cl)cc2Cl)C(c2ccc(Br)cc2)C1. The Morgan fingerprint density at radius 2 is 1.77 bits per heavy atom. The summed E-state index contributed by atoms with van der Waals surface area (Å²) in [6, 6.07) is 13.9. The molecule has 164 valence electrons. The van der Waals surface area contributed by atoms with E-state index < -0.39 is 0 Å². The molecule has 4 rings (SSSR count). The molecule has 1 saturated heterocycles. The van der Waals surface area contributed by atoms with E-state index in [1.165, 1.54) is 6.42 Å². The number of amides is 1. The van der Waals surface area contributed by atoms with Crippen molar-refractivity contribution in [2.75, 3.05) is 5.01 Å². The van der Waals surface area contributed by atoms with Crippen LogP contribution in [0.5, 0.6) is 0 Å². The zero-order chi connectivity index (χ0) is 22.1. The first-order valence-corrected chi connectivity index (χ1v) is 12.0. The number of benzene rings is 2. The Balaban J connectivity index is 1.63. The van der Waals surface area contributed by atoms with Crippen molar-refractivity contribution in [3.05, 3.63) is 62.5 Å². The van der Waals surface area contributed by atoms with Gasteiger partial charge in [0.2, 0.25) is 0 Å². The summed E-state index contributed by atoms with van der Waals surface area (Å²) < 4.78 is 0.997. The number of rotatable bonds is 4. The summed E-state index contributed by atoms with van der Waals surface area (Å²) >= 11 is 16.1. The quantitative estimate of drug-likeness (QED) is 0.507. The van der Waals surface area contributed by atoms with Crippen molar-refractivity contribution < 1.29 is 4.79 Å². The fourth-order valence-corrected chi connectivity index (χ4v) is 5.06. The maximum absolute atomic E-state index is 13.2. The van der Waals surface area contributed by atoms with Gasteiger partial charge in [-0.25, -0.2) is 5.01 Å². The van der Waals surface area contributed by atoms with Crippen molar-refractivity contribution in [3.8, 4) is 0 Å². The van der Waals surface area contributed by atoms with Crippen LogP contribution in [0.4, 0.5) is 5.69 Å². The third-order valence-electron chi connectivity index (χ3n) is 6.01. The highest BCUT2D eigenvalue weighted by molar-refractivity contribution is 9.10. The summed E-state index contributed by atoms with van der Waals surface area (Å²) in [6.45, 7) is 4.30. The van der Waals surface area contributed by atoms with Gasteiger partial charge >= 0.3 is 0 Å². The maximum Gasteiger partial charge on any atom is 0.281 e. The smallest absolute Gasteiger partial charge is 0.281 e. The topological polar surface area (TPSA) is 47.9 Å². The highest BCUT2D eigenvalue weighted by Crippen LogP contribution is 2.40. The van der Waals surface area contributed by atoms with Crippen LogP contribution in [-0.2, 0) is 4.79 Å². The number of anilines is 1. The molecule has 2 aliphatic rings. The molecule has 1 fully saturated rings. The molecule has 31 heavy (non-hydrogen) atoms. The minimum atomic E-state index is -0.157. The second-order valence-corrected chi connectivity index (χ2v) is 9.99. The van der Waals surface area contributed by atoms with Gasteiger partial charge in [-0.1, -0.05) is 57.7 Å². The molecule has 8 heteroatoms. The summed E-state index contributed by atoms with van der Waals surface area (Å²) in [5.74, 6) is -0.157. The largest absolute Gasteiger partial charge is 0.283 e. The van der Waals surface area contributed by atoms with Crippen LogP contribution in [0.15, 0.2) is 52.0 Å². The van der Waals surface area contributed by atoms with Crippen LogP contribution >= 0.6 is 39.1 Å². The van der Waals surface area contributed by atoms with Crippen LogP contribution in [0.2, 0.25) is 10.0 Å². The lowest BCUT2D eigenvalue weighted by Crippen LogP contribution is -2.55. The zero-order valence-corrected chi connectivity index (χ0v) is 20.6. The van der Waals surface area contributed by atoms with Crippen molar-refractivity contribution in [2.45, 2.75) is 57.7 Å². The molecule has 1 N–H and O–H groups in total. The van der Waals surface area contributed by atoms with Gasteiger partial charge in [0.1, 0.15) is 5.71 Å². The first kappa shape index (κ1) is 22.6. The van der Waals surface area contributed by atoms with Gasteiger partial charge in [-0.15, -0.1) is 0 Å². The van der Waals surface area contributed by atoms with E-state index in [9.17, 15) is 4.79 Å². The number of carbonyl (C=O) groups is 1. The average Bonchev–Trinajstić information content (AvgIpc) is 3.16. The molecule has 2 aromatic rings. The van der Waals surface area contributed by atoms with E-state index in [0.29, 0.717) is 34.3 Å². The number of hydrazine groups is 1. The third kappa shape index (κ3) is 4.92. The van der Waals surface area contributed by atoms with Gasteiger partial charge in [0, 0.05) is 28.0 Å². The predicted molar refractivity (Wildman–Crippen MR) is 131 cm³/mol. The van der Waals surface area contributed by atoms with Crippen LogP contribution in [-0.4, -0.2) is 28.7 Å². The lowest BCUT2D eigenvalue weighted by atomic mass is 9.99. The highest BCUT2D eigenvalue weighted by atomic mass is 79.9. The Morgan fingerprint density at radius 3 is 2.42 bits per heavy atom. The van der Waals surface area contributed by atoms with E-state index >= 15 is 0 Å². The number of carbonyl (C=O) groups excluding carboxylic acids is 1. The molecule has 2 aliphatic heterocycles. The number of halogens is 3. The number of hydrogen-bond acceptors (Lipinski definition) is 4. The minimum Gasteiger partial charge on any atom is -0.283 e. The van der Waals surface area contributed by atoms with Crippen LogP contribution < -0.4 is 10.4 Å². The molecule has 0 spiro atoms. The molecular formula is C23H25BrCl2N4O. The molecule has 0 bridgehead atoms. The molecule has 0 aliphatic carbocycles. The van der Waals surface area contributed by atoms with Crippen LogP contribution in [0.25, 0.3) is 0 Å². The van der Waals surface area contributed by atoms with Crippen molar-refractivity contribution in [3.63, 3.8) is 0 Å². The standard InChI is InChI=1S/C23H25BrCl2N4O/c1-14-4-3-5-15(2)29(14)28-23(31)20-13-22(16-6-8-17(24)9-7-16)30(27-20)21-11-10-18(25)12-19(21)26/h6-12,14-15,22H,3-5,13H2,1-2H3,(H,28,31). The molecule has 0 radical (unpaired) electrons. The zero-order valence-electron chi connectivity index (χ0n) is 17.5. The molecule has 1 amide bonds. The predicted octanol–water partition coefficient (Wildman–Crippen LogP) is 6.36. The van der Waals surface area contributed by atoms with Gasteiger partial charge in [-0.05, 0) is 62.6 Å². The summed E-state index contributed by atoms with van der Waals surface area (Å²) in [4.78, 5) is 13.2. The molecule has 2 aromatic carbocycles. The van der Waals surface area contributed by atoms with Gasteiger partial charge in [-0.2, -0.15) is 5.10 Å². The second-order valence-electron chi connectivity index (χ2n) is 8.24. The van der Waals surface area contributed by atoms with Crippen molar-refractivity contribution in [1.29, 1.82) is 0 Å². The first-order chi connectivity index (χ1) is 14.8. The van der Waals surface area contributed by atoms with Gasteiger partial charge < -0.3 is 0 Å². The summed E-state index contributed by atoms with van der Waals surface area (Å²) in [5, 5.41) is 9.68. The molecule has 0 aromatic heterocycles. The van der Waals surface area contributed by atoms with Crippen molar-refractivity contribution in [1.82, 2.24) is 10.4 Å². The monoisotopic (exact) mass is 522 g/mol. The Morgan fingerprint density at radius 1 is 1.10 bits per heavy atom. The maximum atomic E-state index is 13.2. The normalized spacial score (nSPS) is 24.2. The summed E-state index contributed by atoms with van der Waals surface area (Å²) in [5.41, 5.74) is 5.38. The van der Waals surface area contributed by atoms with Crippen LogP contribution in [0.3, 0.4) is 0 Å². The number of piperidine rings is 1. The third-order valence-corrected chi connectivity index (χ3v) is 7.07. The number of nitrogens with zero attached hydrogens (tertiary/aromatic N) is 3. The molecule has 3 unspecified atom stereocenters. The first-order valence-electron chi connectivity index (χ1n) is 10.5. The van der Waals surface area contributed by atoms with Gasteiger partial charge in [0.05, 0.1) is 16.8 Å². The highest BCUT2D eigenvalue weighted by Gasteiger charge is 2.35. The number of hydrazone groups is 1. The van der Waals surface area contributed by atoms with Gasteiger partial charge in [0.25, 0.3) is 5.91 Å². The van der Waals surface area contributed by atoms with E-state index in [1.54, 1.807) is 12.1 Å². The minimum absolute atomic E-state index is 0.135. The van der Waals surface area contributed by atoms with E-state index in [2.05, 4.69) is 40.2 Å². The Hall–Kier alpha value is -1.60. The fourth-order valence-electron chi connectivity index (χ4n) is 4.30. The molecule has 2 heterocycles. The molecule has 5 nitrogen and oxygen atoms in total. The van der Waals surface area contributed by atoms with Crippen molar-refractivity contribution in [2.24, 2.45) is 5.10 Å². The lowest BCUT2D eigenvalue weighted by molar-refractivity contribution is -0.122. The number of nitrogens with one attached hydrogen (secondary N) is 1. The van der Waals surface area contributed by atoms with Gasteiger partial charge in [-0.3, -0.25) is 15.2 Å². The molecule has 3 atom stereocenters. The fraction of sp³-hybridized carbons (Fsp3) is 0.391. The van der Waals surface area contributed by atoms with Crippen LogP contribution in [0.1, 0.15) is 51.1 Å². The summed E-state index contributed by atoms with van der Waals surface area (Å²) in [6.07, 6.45) is 3.82. The lowest BCUT2D eigenvalue weighted by Gasteiger charge is -2.38. The van der Waals surface area contributed by atoms with Crippen LogP contribution in [0, 0.1) is 0 Å². The average molecular weight is 524 g/mol. The van der Waals surface area contributed by atoms with E-state index in [4.69, 9.17) is 28.3 Å². The molecular weight excluding hydrogens is 499 g/mol. The van der Waals surface area contributed by atoms with E-state index in [0.717, 1.165) is 28.6 Å². The Labute approximate surface area is 201 Å².